The second kappa shape index (κ2) is 9.21. The van der Waals surface area contributed by atoms with Gasteiger partial charge in [-0.3, -0.25) is 0 Å². The van der Waals surface area contributed by atoms with Crippen LogP contribution in [0.5, 0.6) is 5.75 Å². The smallest absolute Gasteiger partial charge is 0.328 e. The first-order valence-corrected chi connectivity index (χ1v) is 9.40. The van der Waals surface area contributed by atoms with Crippen LogP contribution in [0.15, 0.2) is 48.5 Å². The summed E-state index contributed by atoms with van der Waals surface area (Å²) in [6.45, 7) is 3.48. The molecule has 3 rings (SSSR count). The molecule has 3 aromatic rings. The van der Waals surface area contributed by atoms with Crippen LogP contribution in [0.4, 0.5) is 14.9 Å². The Labute approximate surface area is 173 Å². The number of anilines is 1. The van der Waals surface area contributed by atoms with Crippen molar-refractivity contribution in [3.63, 3.8) is 0 Å². The molecule has 0 aliphatic heterocycles. The number of esters is 1. The molecule has 0 aliphatic rings. The minimum Gasteiger partial charge on any atom is -0.496 e. The van der Waals surface area contributed by atoms with Gasteiger partial charge in [0.05, 0.1) is 24.9 Å². The Morgan fingerprint density at radius 2 is 1.87 bits per heavy atom. The summed E-state index contributed by atoms with van der Waals surface area (Å²) < 4.78 is 23.6. The normalized spacial score (nSPS) is 11.6. The third-order valence-electron chi connectivity index (χ3n) is 4.38. The second-order valence-corrected chi connectivity index (χ2v) is 6.52. The van der Waals surface area contributed by atoms with Crippen LogP contribution in [-0.2, 0) is 9.53 Å². The fourth-order valence-electron chi connectivity index (χ4n) is 2.90. The topological polar surface area (TPSA) is 89.5 Å². The average Bonchev–Trinajstić information content (AvgIpc) is 2.73. The number of nitrogens with one attached hydrogen (secondary N) is 2. The molecule has 2 aromatic carbocycles. The lowest BCUT2D eigenvalue weighted by molar-refractivity contribution is -0.144. The Morgan fingerprint density at radius 1 is 1.13 bits per heavy atom. The minimum absolute atomic E-state index is 0.240. The van der Waals surface area contributed by atoms with E-state index in [4.69, 9.17) is 9.47 Å². The number of nitrogens with zero attached hydrogens (tertiary/aromatic N) is 1. The van der Waals surface area contributed by atoms with Crippen molar-refractivity contribution >= 4 is 28.6 Å². The van der Waals surface area contributed by atoms with E-state index in [0.717, 1.165) is 5.56 Å². The third-order valence-corrected chi connectivity index (χ3v) is 4.38. The molecule has 30 heavy (non-hydrogen) atoms. The molecule has 0 radical (unpaired) electrons. The van der Waals surface area contributed by atoms with E-state index in [1.165, 1.54) is 19.2 Å². The number of carbonyl (C=O) groups is 2. The van der Waals surface area contributed by atoms with Crippen LogP contribution in [0.2, 0.25) is 0 Å². The predicted octanol–water partition coefficient (Wildman–Crippen LogP) is 4.12. The molecule has 1 aromatic heterocycles. The number of ether oxygens (including phenoxy) is 2. The third kappa shape index (κ3) is 4.83. The molecular formula is C22H22FN3O4. The summed E-state index contributed by atoms with van der Waals surface area (Å²) in [4.78, 5) is 28.4. The highest BCUT2D eigenvalue weighted by atomic mass is 19.1. The van der Waals surface area contributed by atoms with Gasteiger partial charge in [0.25, 0.3) is 0 Å². The van der Waals surface area contributed by atoms with E-state index in [1.807, 2.05) is 0 Å². The number of pyridine rings is 1. The van der Waals surface area contributed by atoms with Gasteiger partial charge in [0.2, 0.25) is 0 Å². The van der Waals surface area contributed by atoms with Gasteiger partial charge >= 0.3 is 12.0 Å². The zero-order valence-corrected chi connectivity index (χ0v) is 16.9. The van der Waals surface area contributed by atoms with Crippen molar-refractivity contribution in [3.8, 4) is 17.0 Å². The summed E-state index contributed by atoms with van der Waals surface area (Å²) in [5.41, 5.74) is 2.55. The van der Waals surface area contributed by atoms with Gasteiger partial charge in [-0.05, 0) is 56.3 Å². The summed E-state index contributed by atoms with van der Waals surface area (Å²) in [5, 5.41) is 5.90. The number of amides is 2. The Bertz CT molecular complexity index is 1070. The zero-order chi connectivity index (χ0) is 21.7. The first-order valence-electron chi connectivity index (χ1n) is 9.40. The molecule has 1 unspecified atom stereocenters. The van der Waals surface area contributed by atoms with E-state index < -0.39 is 18.0 Å². The van der Waals surface area contributed by atoms with Crippen molar-refractivity contribution in [3.05, 3.63) is 54.3 Å². The van der Waals surface area contributed by atoms with E-state index in [1.54, 1.807) is 50.2 Å². The quantitative estimate of drug-likeness (QED) is 0.596. The van der Waals surface area contributed by atoms with Gasteiger partial charge in [0.1, 0.15) is 17.6 Å². The van der Waals surface area contributed by atoms with Crippen molar-refractivity contribution in [1.82, 2.24) is 10.3 Å². The number of aromatic nitrogens is 1. The molecule has 1 atom stereocenters. The van der Waals surface area contributed by atoms with Crippen LogP contribution < -0.4 is 15.4 Å². The predicted molar refractivity (Wildman–Crippen MR) is 112 cm³/mol. The Morgan fingerprint density at radius 3 is 2.53 bits per heavy atom. The molecule has 0 aliphatic carbocycles. The lowest BCUT2D eigenvalue weighted by Gasteiger charge is -2.14. The molecular weight excluding hydrogens is 389 g/mol. The maximum Gasteiger partial charge on any atom is 0.328 e. The van der Waals surface area contributed by atoms with Crippen molar-refractivity contribution in [2.75, 3.05) is 19.0 Å². The molecule has 0 saturated heterocycles. The number of urea groups is 1. The number of fused-ring (bicyclic) bond motifs is 1. The van der Waals surface area contributed by atoms with E-state index in [2.05, 4.69) is 15.6 Å². The highest BCUT2D eigenvalue weighted by Gasteiger charge is 2.17. The Balaban J connectivity index is 1.83. The molecule has 2 N–H and O–H groups in total. The fraction of sp³-hybridized carbons (Fsp3) is 0.227. The molecule has 1 heterocycles. The van der Waals surface area contributed by atoms with Crippen LogP contribution in [0.25, 0.3) is 22.2 Å². The first kappa shape index (κ1) is 21.0. The molecule has 0 bridgehead atoms. The van der Waals surface area contributed by atoms with E-state index >= 15 is 0 Å². The van der Waals surface area contributed by atoms with Gasteiger partial charge in [0.15, 0.2) is 0 Å². The van der Waals surface area contributed by atoms with Crippen molar-refractivity contribution in [2.24, 2.45) is 0 Å². The lowest BCUT2D eigenvalue weighted by Crippen LogP contribution is -2.41. The van der Waals surface area contributed by atoms with Gasteiger partial charge in [-0.25, -0.2) is 19.0 Å². The standard InChI is InChI=1S/C22H22FN3O4/c1-4-30-21(27)13(2)24-22(28)25-16-9-10-18-17(11-16)20(29-3)12-19(26-18)14-5-7-15(23)8-6-14/h5-13H,4H2,1-3H3,(H2,24,25,28). The van der Waals surface area contributed by atoms with Crippen LogP contribution in [0, 0.1) is 5.82 Å². The van der Waals surface area contributed by atoms with Crippen LogP contribution in [0.3, 0.4) is 0 Å². The lowest BCUT2D eigenvalue weighted by atomic mass is 10.1. The largest absolute Gasteiger partial charge is 0.496 e. The van der Waals surface area contributed by atoms with Gasteiger partial charge in [-0.15, -0.1) is 0 Å². The van der Waals surface area contributed by atoms with Crippen molar-refractivity contribution in [2.45, 2.75) is 19.9 Å². The van der Waals surface area contributed by atoms with Crippen LogP contribution in [0.1, 0.15) is 13.8 Å². The number of rotatable bonds is 6. The number of hydrogen-bond donors (Lipinski definition) is 2. The SMILES string of the molecule is CCOC(=O)C(C)NC(=O)Nc1ccc2nc(-c3ccc(F)cc3)cc(OC)c2c1. The van der Waals surface area contributed by atoms with Crippen molar-refractivity contribution < 1.29 is 23.5 Å². The molecule has 8 heteroatoms. The summed E-state index contributed by atoms with van der Waals surface area (Å²) in [5.74, 6) is -0.272. The van der Waals surface area contributed by atoms with Gasteiger partial charge in [-0.2, -0.15) is 0 Å². The summed E-state index contributed by atoms with van der Waals surface area (Å²) in [6.07, 6.45) is 0. The maximum atomic E-state index is 13.2. The van der Waals surface area contributed by atoms with E-state index in [-0.39, 0.29) is 12.4 Å². The van der Waals surface area contributed by atoms with Gasteiger partial charge in [-0.1, -0.05) is 0 Å². The molecule has 0 saturated carbocycles. The number of benzene rings is 2. The number of halogens is 1. The number of carbonyl (C=O) groups excluding carboxylic acids is 2. The Hall–Kier alpha value is -3.68. The fourth-order valence-corrected chi connectivity index (χ4v) is 2.90. The Kier molecular flexibility index (Phi) is 6.46. The highest BCUT2D eigenvalue weighted by Crippen LogP contribution is 2.31. The summed E-state index contributed by atoms with van der Waals surface area (Å²) in [7, 11) is 1.54. The molecule has 0 spiro atoms. The van der Waals surface area contributed by atoms with Crippen LogP contribution in [-0.4, -0.2) is 36.7 Å². The van der Waals surface area contributed by atoms with Crippen molar-refractivity contribution in [1.29, 1.82) is 0 Å². The molecule has 0 fully saturated rings. The highest BCUT2D eigenvalue weighted by molar-refractivity contribution is 5.96. The monoisotopic (exact) mass is 411 g/mol. The van der Waals surface area contributed by atoms with E-state index in [9.17, 15) is 14.0 Å². The minimum atomic E-state index is -0.778. The van der Waals surface area contributed by atoms with Gasteiger partial charge in [0, 0.05) is 22.7 Å². The number of methoxy groups -OCH3 is 1. The maximum absolute atomic E-state index is 13.2. The first-order chi connectivity index (χ1) is 14.4. The second-order valence-electron chi connectivity index (χ2n) is 6.52. The molecule has 2 amide bonds. The summed E-state index contributed by atoms with van der Waals surface area (Å²) >= 11 is 0. The molecule has 7 nitrogen and oxygen atoms in total. The summed E-state index contributed by atoms with van der Waals surface area (Å²) in [6, 6.07) is 11.6. The van der Waals surface area contributed by atoms with Crippen LogP contribution >= 0.6 is 0 Å². The number of hydrogen-bond acceptors (Lipinski definition) is 5. The average molecular weight is 411 g/mol. The van der Waals surface area contributed by atoms with E-state index in [0.29, 0.717) is 28.0 Å². The van der Waals surface area contributed by atoms with Gasteiger partial charge < -0.3 is 20.1 Å². The zero-order valence-electron chi connectivity index (χ0n) is 16.9. The molecule has 156 valence electrons.